The molecule has 1 saturated carbocycles. The fraction of sp³-hybridized carbons (Fsp3) is 0.643. The lowest BCUT2D eigenvalue weighted by Gasteiger charge is -2.35. The lowest BCUT2D eigenvalue weighted by Crippen LogP contribution is -2.47. The number of piperazine rings is 1. The van der Waals surface area contributed by atoms with Gasteiger partial charge >= 0.3 is 0 Å². The predicted octanol–water partition coefficient (Wildman–Crippen LogP) is 2.35. The summed E-state index contributed by atoms with van der Waals surface area (Å²) in [5.74, 6) is 2.57. The fourth-order valence-electron chi connectivity index (χ4n) is 2.54. The summed E-state index contributed by atoms with van der Waals surface area (Å²) in [4.78, 5) is 9.56. The van der Waals surface area contributed by atoms with Crippen molar-refractivity contribution in [2.45, 2.75) is 18.7 Å². The number of nitrogens with zero attached hydrogens (tertiary/aromatic N) is 3. The third-order valence-electron chi connectivity index (χ3n) is 3.84. The molecule has 2 aliphatic rings. The molecule has 0 radical (unpaired) electrons. The van der Waals surface area contributed by atoms with Crippen LogP contribution in [0.2, 0.25) is 0 Å². The Kier molecular flexibility index (Phi) is 3.71. The van der Waals surface area contributed by atoms with Gasteiger partial charge in [0.1, 0.15) is 5.82 Å². The van der Waals surface area contributed by atoms with E-state index in [0.717, 1.165) is 30.5 Å². The number of halogens is 1. The summed E-state index contributed by atoms with van der Waals surface area (Å²) in [6.45, 7) is 5.83. The Morgan fingerprint density at radius 3 is 2.61 bits per heavy atom. The quantitative estimate of drug-likeness (QED) is 0.779. The number of hydrogen-bond donors (Lipinski definition) is 0. The van der Waals surface area contributed by atoms with Gasteiger partial charge < -0.3 is 4.90 Å². The number of pyridine rings is 1. The van der Waals surface area contributed by atoms with Crippen LogP contribution in [0.25, 0.3) is 0 Å². The van der Waals surface area contributed by atoms with Gasteiger partial charge in [0.15, 0.2) is 0 Å². The topological polar surface area (TPSA) is 19.4 Å². The average molecular weight is 266 g/mol. The minimum Gasteiger partial charge on any atom is -0.354 e. The maximum Gasteiger partial charge on any atom is 0.128 e. The second-order valence-electron chi connectivity index (χ2n) is 5.35. The molecule has 0 bridgehead atoms. The summed E-state index contributed by atoms with van der Waals surface area (Å²) in [6, 6.07) is 6.13. The lowest BCUT2D eigenvalue weighted by atomic mass is 10.2. The molecule has 3 rings (SSSR count). The summed E-state index contributed by atoms with van der Waals surface area (Å²) < 4.78 is 0. The molecular weight excluding hydrogens is 246 g/mol. The van der Waals surface area contributed by atoms with Crippen LogP contribution in [0, 0.1) is 5.92 Å². The molecule has 98 valence electrons. The van der Waals surface area contributed by atoms with Gasteiger partial charge in [0.25, 0.3) is 0 Å². The molecule has 1 aliphatic carbocycles. The van der Waals surface area contributed by atoms with Gasteiger partial charge in [-0.15, -0.1) is 11.6 Å². The van der Waals surface area contributed by atoms with Crippen molar-refractivity contribution in [2.24, 2.45) is 5.92 Å². The van der Waals surface area contributed by atoms with Crippen LogP contribution in [0.3, 0.4) is 0 Å². The Bertz CT molecular complexity index is 398. The summed E-state index contributed by atoms with van der Waals surface area (Å²) in [5.41, 5.74) is 0.967. The molecule has 1 aliphatic heterocycles. The van der Waals surface area contributed by atoms with Crippen LogP contribution < -0.4 is 4.90 Å². The standard InChI is InChI=1S/C14H20ClN3/c15-10-13-2-1-3-14(16-13)18-8-6-17(7-9-18)11-12-4-5-12/h1-3,12H,4-11H2. The second-order valence-corrected chi connectivity index (χ2v) is 5.62. The third-order valence-corrected chi connectivity index (χ3v) is 4.11. The van der Waals surface area contributed by atoms with Gasteiger partial charge in [0.05, 0.1) is 11.6 Å². The van der Waals surface area contributed by atoms with E-state index < -0.39 is 0 Å². The Balaban J connectivity index is 1.57. The van der Waals surface area contributed by atoms with E-state index in [2.05, 4.69) is 26.9 Å². The highest BCUT2D eigenvalue weighted by molar-refractivity contribution is 6.16. The zero-order valence-electron chi connectivity index (χ0n) is 10.7. The van der Waals surface area contributed by atoms with Crippen LogP contribution >= 0.6 is 11.6 Å². The first-order valence-corrected chi connectivity index (χ1v) is 7.38. The van der Waals surface area contributed by atoms with Crippen molar-refractivity contribution < 1.29 is 0 Å². The summed E-state index contributed by atoms with van der Waals surface area (Å²) in [5, 5.41) is 0. The molecule has 0 atom stereocenters. The van der Waals surface area contributed by atoms with E-state index in [-0.39, 0.29) is 0 Å². The van der Waals surface area contributed by atoms with Crippen molar-refractivity contribution in [1.29, 1.82) is 0 Å². The molecule has 0 aromatic carbocycles. The van der Waals surface area contributed by atoms with E-state index in [4.69, 9.17) is 11.6 Å². The molecule has 3 nitrogen and oxygen atoms in total. The molecule has 0 unspecified atom stereocenters. The Morgan fingerprint density at radius 1 is 1.17 bits per heavy atom. The van der Waals surface area contributed by atoms with Gasteiger partial charge in [-0.05, 0) is 30.9 Å². The molecule has 18 heavy (non-hydrogen) atoms. The number of alkyl halides is 1. The van der Waals surface area contributed by atoms with Crippen LogP contribution in [0.5, 0.6) is 0 Å². The molecule has 1 aromatic heterocycles. The largest absolute Gasteiger partial charge is 0.354 e. The number of anilines is 1. The minimum atomic E-state index is 0.496. The van der Waals surface area contributed by atoms with E-state index in [1.54, 1.807) is 0 Å². The van der Waals surface area contributed by atoms with Crippen molar-refractivity contribution in [2.75, 3.05) is 37.6 Å². The van der Waals surface area contributed by atoms with Crippen LogP contribution in [0.1, 0.15) is 18.5 Å². The number of aromatic nitrogens is 1. The fourth-order valence-corrected chi connectivity index (χ4v) is 2.69. The highest BCUT2D eigenvalue weighted by Gasteiger charge is 2.26. The zero-order chi connectivity index (χ0) is 12.4. The summed E-state index contributed by atoms with van der Waals surface area (Å²) in [6.07, 6.45) is 2.89. The van der Waals surface area contributed by atoms with E-state index in [0.29, 0.717) is 5.88 Å². The van der Waals surface area contributed by atoms with Crippen molar-refractivity contribution in [1.82, 2.24) is 9.88 Å². The first kappa shape index (κ1) is 12.2. The van der Waals surface area contributed by atoms with Gasteiger partial charge in [0.2, 0.25) is 0 Å². The second kappa shape index (κ2) is 5.45. The highest BCUT2D eigenvalue weighted by Crippen LogP contribution is 2.30. The van der Waals surface area contributed by atoms with E-state index >= 15 is 0 Å². The van der Waals surface area contributed by atoms with Crippen LogP contribution in [0.4, 0.5) is 5.82 Å². The minimum absolute atomic E-state index is 0.496. The number of rotatable bonds is 4. The zero-order valence-corrected chi connectivity index (χ0v) is 11.4. The number of hydrogen-bond acceptors (Lipinski definition) is 3. The first-order chi connectivity index (χ1) is 8.85. The van der Waals surface area contributed by atoms with E-state index in [1.165, 1.54) is 32.5 Å². The van der Waals surface area contributed by atoms with Gasteiger partial charge in [-0.2, -0.15) is 0 Å². The molecule has 1 saturated heterocycles. The van der Waals surface area contributed by atoms with E-state index in [9.17, 15) is 0 Å². The maximum atomic E-state index is 5.84. The molecule has 0 N–H and O–H groups in total. The normalized spacial score (nSPS) is 21.3. The predicted molar refractivity (Wildman–Crippen MR) is 75.2 cm³/mol. The van der Waals surface area contributed by atoms with Crippen molar-refractivity contribution in [3.63, 3.8) is 0 Å². The highest BCUT2D eigenvalue weighted by atomic mass is 35.5. The van der Waals surface area contributed by atoms with Gasteiger partial charge in [0, 0.05) is 32.7 Å². The summed E-state index contributed by atoms with van der Waals surface area (Å²) >= 11 is 5.84. The first-order valence-electron chi connectivity index (χ1n) is 6.84. The van der Waals surface area contributed by atoms with Gasteiger partial charge in [-0.25, -0.2) is 4.98 Å². The van der Waals surface area contributed by atoms with Crippen molar-refractivity contribution in [3.05, 3.63) is 23.9 Å². The van der Waals surface area contributed by atoms with Crippen molar-refractivity contribution >= 4 is 17.4 Å². The maximum absolute atomic E-state index is 5.84. The monoisotopic (exact) mass is 265 g/mol. The third kappa shape index (κ3) is 2.96. The molecule has 2 heterocycles. The molecule has 0 spiro atoms. The summed E-state index contributed by atoms with van der Waals surface area (Å²) in [7, 11) is 0. The molecule has 2 fully saturated rings. The Morgan fingerprint density at radius 2 is 1.94 bits per heavy atom. The molecule has 1 aromatic rings. The van der Waals surface area contributed by atoms with Crippen LogP contribution in [-0.2, 0) is 5.88 Å². The lowest BCUT2D eigenvalue weighted by molar-refractivity contribution is 0.247. The van der Waals surface area contributed by atoms with Crippen LogP contribution in [0.15, 0.2) is 18.2 Å². The van der Waals surface area contributed by atoms with Gasteiger partial charge in [-0.3, -0.25) is 4.90 Å². The SMILES string of the molecule is ClCc1cccc(N2CCN(CC3CC3)CC2)n1. The molecule has 0 amide bonds. The van der Waals surface area contributed by atoms with E-state index in [1.807, 2.05) is 6.07 Å². The van der Waals surface area contributed by atoms with Crippen molar-refractivity contribution in [3.8, 4) is 0 Å². The van der Waals surface area contributed by atoms with Gasteiger partial charge in [-0.1, -0.05) is 6.07 Å². The Labute approximate surface area is 114 Å². The average Bonchev–Trinajstić information content (AvgIpc) is 3.24. The Hall–Kier alpha value is -0.800. The smallest absolute Gasteiger partial charge is 0.128 e. The molecular formula is C14H20ClN3. The molecule has 4 heteroatoms. The van der Waals surface area contributed by atoms with Crippen LogP contribution in [-0.4, -0.2) is 42.6 Å².